The van der Waals surface area contributed by atoms with Gasteiger partial charge in [0.25, 0.3) is 11.8 Å². The molecule has 4 rings (SSSR count). The normalized spacial score (nSPS) is 22.1. The van der Waals surface area contributed by atoms with Gasteiger partial charge in [0.2, 0.25) is 11.2 Å². The lowest BCUT2D eigenvalue weighted by molar-refractivity contribution is -0.134. The summed E-state index contributed by atoms with van der Waals surface area (Å²) in [6.45, 7) is 10.2. The van der Waals surface area contributed by atoms with Crippen LogP contribution in [-0.2, 0) is 21.6 Å². The molecule has 2 bridgehead atoms. The Bertz CT molecular complexity index is 1660. The van der Waals surface area contributed by atoms with E-state index >= 15 is 0 Å². The summed E-state index contributed by atoms with van der Waals surface area (Å²) < 4.78 is 40.8. The predicted octanol–water partition coefficient (Wildman–Crippen LogP) is 6.38. The van der Waals surface area contributed by atoms with Crippen LogP contribution in [0.25, 0.3) is 0 Å². The minimum atomic E-state index is -0.924. The van der Waals surface area contributed by atoms with E-state index in [1.807, 2.05) is 13.8 Å². The minimum absolute atomic E-state index is 0.0157. The van der Waals surface area contributed by atoms with E-state index in [2.05, 4.69) is 31.1 Å². The molecular weight excluding hydrogens is 634 g/mol. The number of carbonyl (C=O) groups is 3. The van der Waals surface area contributed by atoms with E-state index in [9.17, 15) is 28.0 Å². The molecule has 1 N–H and O–H groups in total. The molecule has 3 heterocycles. The van der Waals surface area contributed by atoms with Crippen molar-refractivity contribution in [3.63, 3.8) is 0 Å². The van der Waals surface area contributed by atoms with Gasteiger partial charge in [-0.1, -0.05) is 52.5 Å². The third-order valence-corrected chi connectivity index (χ3v) is 10.4. The summed E-state index contributed by atoms with van der Waals surface area (Å²) in [5, 5.41) is 2.55. The van der Waals surface area contributed by atoms with Crippen LogP contribution in [0.15, 0.2) is 34.2 Å². The van der Waals surface area contributed by atoms with Crippen LogP contribution < -0.4 is 15.5 Å². The maximum absolute atomic E-state index is 14.4. The van der Waals surface area contributed by atoms with Gasteiger partial charge in [0, 0.05) is 62.3 Å². The monoisotopic (exact) mass is 684 g/mol. The number of hydrogen-bond donors (Lipinski definition) is 1. The highest BCUT2D eigenvalue weighted by Gasteiger charge is 2.55. The van der Waals surface area contributed by atoms with Gasteiger partial charge in [-0.25, -0.2) is 8.78 Å². The SMILES string of the molecule is CN=C(C[C@@]1(C)CC[C@H](C)N2C[C@@]1(C)n1cc(C(=O)NCc3ccc(F)cc3F)c(=O)c(OC(=O)CCCCCCC(C)C)c1C2=O)OC. The number of esters is 1. The molecule has 2 aromatic rings. The molecule has 1 saturated heterocycles. The topological polar surface area (TPSA) is 119 Å². The molecule has 0 aliphatic carbocycles. The number of nitrogens with zero attached hydrogens (tertiary/aromatic N) is 3. The number of methoxy groups -OCH3 is 1. The Morgan fingerprint density at radius 3 is 2.49 bits per heavy atom. The smallest absolute Gasteiger partial charge is 0.311 e. The number of hydrogen-bond acceptors (Lipinski definition) is 7. The zero-order chi connectivity index (χ0) is 36.1. The van der Waals surface area contributed by atoms with Crippen LogP contribution in [0.5, 0.6) is 5.75 Å². The number of rotatable bonds is 13. The predicted molar refractivity (Wildman–Crippen MR) is 183 cm³/mol. The summed E-state index contributed by atoms with van der Waals surface area (Å²) in [5.74, 6) is -3.02. The first-order valence-electron chi connectivity index (χ1n) is 17.2. The first-order valence-corrected chi connectivity index (χ1v) is 17.2. The summed E-state index contributed by atoms with van der Waals surface area (Å²) in [6.07, 6.45) is 7.55. The highest BCUT2D eigenvalue weighted by molar-refractivity contribution is 6.00. The second kappa shape index (κ2) is 15.6. The molecule has 0 radical (unpaired) electrons. The van der Waals surface area contributed by atoms with Crippen molar-refractivity contribution < 1.29 is 32.6 Å². The number of aliphatic imine (C=N–C) groups is 1. The first kappa shape index (κ1) is 37.7. The summed E-state index contributed by atoms with van der Waals surface area (Å²) in [7, 11) is 3.18. The molecule has 1 aromatic carbocycles. The molecule has 2 aliphatic rings. The lowest BCUT2D eigenvalue weighted by Gasteiger charge is -2.52. The van der Waals surface area contributed by atoms with E-state index in [0.717, 1.165) is 31.7 Å². The van der Waals surface area contributed by atoms with Crippen molar-refractivity contribution in [2.45, 2.75) is 111 Å². The number of nitrogens with one attached hydrogen (secondary N) is 1. The van der Waals surface area contributed by atoms with Crippen molar-refractivity contribution in [1.29, 1.82) is 0 Å². The quantitative estimate of drug-likeness (QED) is 0.113. The van der Waals surface area contributed by atoms with Crippen LogP contribution in [0.3, 0.4) is 0 Å². The van der Waals surface area contributed by atoms with Gasteiger partial charge in [-0.15, -0.1) is 0 Å². The van der Waals surface area contributed by atoms with E-state index in [0.29, 0.717) is 43.6 Å². The number of aromatic nitrogens is 1. The Morgan fingerprint density at radius 2 is 1.84 bits per heavy atom. The molecule has 49 heavy (non-hydrogen) atoms. The molecule has 2 aliphatic heterocycles. The summed E-state index contributed by atoms with van der Waals surface area (Å²) in [6, 6.07) is 2.79. The Kier molecular flexibility index (Phi) is 12.0. The van der Waals surface area contributed by atoms with Crippen LogP contribution in [-0.4, -0.2) is 59.9 Å². The standard InChI is InChI=1S/C37H50F2N4O6/c1-23(2)12-10-8-9-11-13-30(44)49-33-31-35(47)42-22-37(5,36(4,17-16-24(42)3)19-29(40-6)48-7)43(31)21-27(32(33)45)34(46)41-20-25-14-15-26(38)18-28(25)39/h14-15,18,21,23-24H,8-13,16-17,19-20,22H2,1-7H3,(H,41,46)/t24-,36+,37+/m0/s1. The average molecular weight is 685 g/mol. The largest absolute Gasteiger partial charge is 0.484 e. The highest BCUT2D eigenvalue weighted by Crippen LogP contribution is 2.51. The number of ether oxygens (including phenoxy) is 2. The molecule has 0 spiro atoms. The lowest BCUT2D eigenvalue weighted by atomic mass is 9.66. The summed E-state index contributed by atoms with van der Waals surface area (Å²) in [5.41, 5.74) is -2.90. The Hall–Kier alpha value is -4.09. The second-order valence-electron chi connectivity index (χ2n) is 14.3. The second-order valence-corrected chi connectivity index (χ2v) is 14.3. The minimum Gasteiger partial charge on any atom is -0.484 e. The van der Waals surface area contributed by atoms with Gasteiger partial charge in [0.15, 0.2) is 11.6 Å². The number of fused-ring (bicyclic) bond motifs is 4. The Morgan fingerprint density at radius 1 is 1.12 bits per heavy atom. The third-order valence-electron chi connectivity index (χ3n) is 10.4. The fraction of sp³-hybridized carbons (Fsp3) is 0.595. The molecule has 268 valence electrons. The number of benzene rings is 1. The summed E-state index contributed by atoms with van der Waals surface area (Å²) >= 11 is 0. The zero-order valence-electron chi connectivity index (χ0n) is 29.8. The number of halogens is 2. The molecule has 0 saturated carbocycles. The highest BCUT2D eigenvalue weighted by atomic mass is 19.1. The van der Waals surface area contributed by atoms with Crippen molar-refractivity contribution in [2.24, 2.45) is 16.3 Å². The number of unbranched alkanes of at least 4 members (excludes halogenated alkanes) is 3. The van der Waals surface area contributed by atoms with Crippen LogP contribution in [0, 0.1) is 23.0 Å². The van der Waals surface area contributed by atoms with E-state index in [4.69, 9.17) is 9.47 Å². The van der Waals surface area contributed by atoms with E-state index in [1.54, 1.807) is 23.6 Å². The Labute approximate surface area is 287 Å². The Balaban J connectivity index is 1.80. The van der Waals surface area contributed by atoms with Crippen molar-refractivity contribution in [3.8, 4) is 5.75 Å². The maximum Gasteiger partial charge on any atom is 0.311 e. The average Bonchev–Trinajstić information content (AvgIpc) is 3.14. The van der Waals surface area contributed by atoms with Crippen LogP contribution in [0.2, 0.25) is 0 Å². The van der Waals surface area contributed by atoms with Crippen LogP contribution >= 0.6 is 0 Å². The first-order chi connectivity index (χ1) is 23.1. The molecule has 1 aromatic heterocycles. The summed E-state index contributed by atoms with van der Waals surface area (Å²) in [4.78, 5) is 61.3. The molecule has 1 fully saturated rings. The fourth-order valence-electron chi connectivity index (χ4n) is 6.97. The van der Waals surface area contributed by atoms with Crippen molar-refractivity contribution in [2.75, 3.05) is 20.7 Å². The number of pyridine rings is 1. The van der Waals surface area contributed by atoms with Gasteiger partial charge in [-0.3, -0.25) is 24.2 Å². The van der Waals surface area contributed by atoms with Gasteiger partial charge >= 0.3 is 5.97 Å². The van der Waals surface area contributed by atoms with E-state index < -0.39 is 51.6 Å². The molecular formula is C37H50F2N4O6. The fourth-order valence-corrected chi connectivity index (χ4v) is 6.97. The number of amides is 2. The van der Waals surface area contributed by atoms with Crippen LogP contribution in [0.4, 0.5) is 8.78 Å². The van der Waals surface area contributed by atoms with Crippen molar-refractivity contribution in [3.05, 3.63) is 63.1 Å². The molecule has 12 heteroatoms. The van der Waals surface area contributed by atoms with Crippen LogP contribution in [0.1, 0.15) is 119 Å². The third kappa shape index (κ3) is 8.05. The van der Waals surface area contributed by atoms with Gasteiger partial charge < -0.3 is 24.3 Å². The van der Waals surface area contributed by atoms with Gasteiger partial charge in [-0.2, -0.15) is 0 Å². The van der Waals surface area contributed by atoms with Gasteiger partial charge in [-0.05, 0) is 45.1 Å². The van der Waals surface area contributed by atoms with Crippen molar-refractivity contribution in [1.82, 2.24) is 14.8 Å². The molecule has 2 amide bonds. The van der Waals surface area contributed by atoms with Crippen molar-refractivity contribution >= 4 is 23.7 Å². The lowest BCUT2D eigenvalue weighted by Crippen LogP contribution is -2.60. The molecule has 0 unspecified atom stereocenters. The maximum atomic E-state index is 14.4. The zero-order valence-corrected chi connectivity index (χ0v) is 29.8. The van der Waals surface area contributed by atoms with Gasteiger partial charge in [0.1, 0.15) is 17.2 Å². The molecule has 10 nitrogen and oxygen atoms in total. The van der Waals surface area contributed by atoms with Gasteiger partial charge in [0.05, 0.1) is 12.6 Å². The van der Waals surface area contributed by atoms with E-state index in [-0.39, 0.29) is 42.4 Å². The molecule has 3 atom stereocenters. The number of carbonyl (C=O) groups excluding carboxylic acids is 3. The van der Waals surface area contributed by atoms with E-state index in [1.165, 1.54) is 12.3 Å².